The number of nitrogens with zero attached hydrogens (tertiary/aromatic N) is 1. The van der Waals surface area contributed by atoms with Crippen LogP contribution in [0.4, 0.5) is 0 Å². The van der Waals surface area contributed by atoms with Gasteiger partial charge < -0.3 is 19.5 Å². The minimum atomic E-state index is -1.27. The van der Waals surface area contributed by atoms with Crippen LogP contribution in [0.3, 0.4) is 0 Å². The summed E-state index contributed by atoms with van der Waals surface area (Å²) in [5, 5.41) is 10.2. The largest absolute Gasteiger partial charge is 1.00 e. The number of aliphatic carboxylic acids is 1. The Morgan fingerprint density at radius 1 is 1.75 bits per heavy atom. The third kappa shape index (κ3) is 2.52. The van der Waals surface area contributed by atoms with Gasteiger partial charge in [-0.3, -0.25) is 4.79 Å². The molecule has 12 heavy (non-hydrogen) atoms. The zero-order valence-electron chi connectivity index (χ0n) is 7.07. The molecule has 1 aliphatic heterocycles. The summed E-state index contributed by atoms with van der Waals surface area (Å²) < 4.78 is 4.67. The second-order valence-electron chi connectivity index (χ2n) is 2.39. The molecule has 1 fully saturated rings. The van der Waals surface area contributed by atoms with Gasteiger partial charge in [0.15, 0.2) is 0 Å². The van der Waals surface area contributed by atoms with Crippen LogP contribution in [-0.2, 0) is 14.3 Å². The molecule has 0 radical (unpaired) electrons. The number of carboxylic acids is 1. The van der Waals surface area contributed by atoms with Crippen molar-refractivity contribution in [3.8, 4) is 0 Å². The van der Waals surface area contributed by atoms with Crippen molar-refractivity contribution in [2.45, 2.75) is 6.10 Å². The van der Waals surface area contributed by atoms with Crippen LogP contribution >= 0.6 is 0 Å². The number of likely N-dealkylation sites (N-methyl/N-ethyl adjacent to an activating group) is 1. The molecule has 0 spiro atoms. The number of hydrogen-bond acceptors (Lipinski definition) is 4. The van der Waals surface area contributed by atoms with E-state index in [0.717, 1.165) is 0 Å². The molecule has 0 aromatic rings. The third-order valence-corrected chi connectivity index (χ3v) is 1.54. The predicted molar refractivity (Wildman–Crippen MR) is 32.4 cm³/mol. The molecule has 0 bridgehead atoms. The molecule has 0 saturated carbocycles. The first-order valence-electron chi connectivity index (χ1n) is 3.17. The number of hydrogen-bond donors (Lipinski definition) is 0. The summed E-state index contributed by atoms with van der Waals surface area (Å²) in [5.74, 6) is -1.48. The Balaban J connectivity index is 0.00000121. The van der Waals surface area contributed by atoms with E-state index in [2.05, 4.69) is 4.74 Å². The number of carboxylic acid groups (broad SMARTS) is 1. The first kappa shape index (κ1) is 11.5. The zero-order chi connectivity index (χ0) is 8.43. The number of morpholine rings is 1. The summed E-state index contributed by atoms with van der Waals surface area (Å²) in [6.07, 6.45) is -0.974. The quantitative estimate of drug-likeness (QED) is 0.364. The monoisotopic (exact) mass is 165 g/mol. The van der Waals surface area contributed by atoms with Gasteiger partial charge >= 0.3 is 18.9 Å². The Hall–Kier alpha value is -0.503. The topological polar surface area (TPSA) is 69.7 Å². The molecule has 1 heterocycles. The van der Waals surface area contributed by atoms with E-state index in [1.165, 1.54) is 11.9 Å². The number of ether oxygens (including phenoxy) is 1. The van der Waals surface area contributed by atoms with E-state index in [9.17, 15) is 14.7 Å². The normalized spacial score (nSPS) is 23.2. The Labute approximate surface area is 81.8 Å². The van der Waals surface area contributed by atoms with E-state index in [1.807, 2.05) is 0 Å². The second kappa shape index (κ2) is 4.51. The predicted octanol–water partition coefficient (Wildman–Crippen LogP) is -5.40. The summed E-state index contributed by atoms with van der Waals surface area (Å²) in [6, 6.07) is 0. The van der Waals surface area contributed by atoms with Crippen LogP contribution in [0.25, 0.3) is 0 Å². The Kier molecular flexibility index (Phi) is 4.32. The molecular weight excluding hydrogens is 157 g/mol. The molecule has 1 saturated heterocycles. The van der Waals surface area contributed by atoms with Gasteiger partial charge in [0, 0.05) is 7.05 Å². The molecule has 1 unspecified atom stereocenters. The van der Waals surface area contributed by atoms with Gasteiger partial charge in [-0.05, 0) is 0 Å². The molecule has 0 aromatic carbocycles. The summed E-state index contributed by atoms with van der Waals surface area (Å²) in [4.78, 5) is 22.3. The van der Waals surface area contributed by atoms with Crippen molar-refractivity contribution in [2.24, 2.45) is 0 Å². The average Bonchev–Trinajstić information content (AvgIpc) is 1.94. The summed E-state index contributed by atoms with van der Waals surface area (Å²) in [6.45, 7) is -0.101. The van der Waals surface area contributed by atoms with Crippen LogP contribution in [0.15, 0.2) is 0 Å². The van der Waals surface area contributed by atoms with Gasteiger partial charge in [0.2, 0.25) is 5.91 Å². The fourth-order valence-electron chi connectivity index (χ4n) is 0.828. The Bertz CT molecular complexity index is 196. The number of carbonyl (C=O) groups is 2. The fourth-order valence-corrected chi connectivity index (χ4v) is 0.828. The molecular formula is C6H8LiNO4. The molecule has 5 nitrogen and oxygen atoms in total. The molecule has 62 valence electrons. The maximum Gasteiger partial charge on any atom is 1.00 e. The van der Waals surface area contributed by atoms with E-state index >= 15 is 0 Å². The third-order valence-electron chi connectivity index (χ3n) is 1.54. The van der Waals surface area contributed by atoms with Crippen molar-refractivity contribution in [2.75, 3.05) is 20.2 Å². The van der Waals surface area contributed by atoms with Gasteiger partial charge in [0.25, 0.3) is 0 Å². The molecule has 1 amide bonds. The van der Waals surface area contributed by atoms with Crippen LogP contribution in [0.1, 0.15) is 0 Å². The van der Waals surface area contributed by atoms with Crippen molar-refractivity contribution in [1.82, 2.24) is 4.90 Å². The van der Waals surface area contributed by atoms with Crippen molar-refractivity contribution in [3.63, 3.8) is 0 Å². The van der Waals surface area contributed by atoms with Crippen molar-refractivity contribution in [3.05, 3.63) is 0 Å². The van der Waals surface area contributed by atoms with E-state index < -0.39 is 12.1 Å². The van der Waals surface area contributed by atoms with Crippen molar-refractivity contribution in [1.29, 1.82) is 0 Å². The fraction of sp³-hybridized carbons (Fsp3) is 0.667. The van der Waals surface area contributed by atoms with Gasteiger partial charge in [-0.2, -0.15) is 0 Å². The van der Waals surface area contributed by atoms with Gasteiger partial charge in [-0.25, -0.2) is 0 Å². The van der Waals surface area contributed by atoms with Crippen LogP contribution in [0.2, 0.25) is 0 Å². The standard InChI is InChI=1S/C6H9NO4.Li/c1-7-2-4(6(9)10)11-3-5(7)8;/h4H,2-3H2,1H3,(H,9,10);/q;+1/p-1. The summed E-state index contributed by atoms with van der Waals surface area (Å²) in [5.41, 5.74) is 0. The van der Waals surface area contributed by atoms with Crippen molar-refractivity contribution >= 4 is 11.9 Å². The van der Waals surface area contributed by atoms with Gasteiger partial charge in [0.1, 0.15) is 12.7 Å². The second-order valence-corrected chi connectivity index (χ2v) is 2.39. The van der Waals surface area contributed by atoms with Gasteiger partial charge in [-0.15, -0.1) is 0 Å². The van der Waals surface area contributed by atoms with Crippen LogP contribution in [0.5, 0.6) is 0 Å². The van der Waals surface area contributed by atoms with E-state index in [0.29, 0.717) is 0 Å². The summed E-state index contributed by atoms with van der Waals surface area (Å²) >= 11 is 0. The molecule has 0 N–H and O–H groups in total. The number of carbonyl (C=O) groups excluding carboxylic acids is 2. The maximum absolute atomic E-state index is 10.7. The zero-order valence-corrected chi connectivity index (χ0v) is 7.07. The molecule has 0 aliphatic carbocycles. The van der Waals surface area contributed by atoms with Crippen LogP contribution in [-0.4, -0.2) is 43.1 Å². The van der Waals surface area contributed by atoms with Gasteiger partial charge in [0.05, 0.1) is 12.5 Å². The van der Waals surface area contributed by atoms with Crippen LogP contribution in [0, 0.1) is 0 Å². The SMILES string of the molecule is CN1CC(C(=O)[O-])OCC1=O.[Li+]. The molecule has 0 aromatic heterocycles. The van der Waals surface area contributed by atoms with E-state index in [-0.39, 0.29) is 37.9 Å². The Morgan fingerprint density at radius 2 is 2.33 bits per heavy atom. The number of rotatable bonds is 1. The molecule has 1 rings (SSSR count). The summed E-state index contributed by atoms with van der Waals surface area (Å²) in [7, 11) is 1.53. The first-order chi connectivity index (χ1) is 5.11. The average molecular weight is 165 g/mol. The van der Waals surface area contributed by atoms with E-state index in [4.69, 9.17) is 0 Å². The molecule has 6 heteroatoms. The minimum Gasteiger partial charge on any atom is -0.547 e. The van der Waals surface area contributed by atoms with E-state index in [1.54, 1.807) is 0 Å². The smallest absolute Gasteiger partial charge is 0.547 e. The van der Waals surface area contributed by atoms with Crippen molar-refractivity contribution < 1.29 is 38.3 Å². The first-order valence-corrected chi connectivity index (χ1v) is 3.17. The molecule has 1 atom stereocenters. The molecule has 1 aliphatic rings. The minimum absolute atomic E-state index is 0. The Morgan fingerprint density at radius 3 is 2.75 bits per heavy atom. The maximum atomic E-state index is 10.7. The van der Waals surface area contributed by atoms with Crippen LogP contribution < -0.4 is 24.0 Å². The number of amides is 1. The van der Waals surface area contributed by atoms with Gasteiger partial charge in [-0.1, -0.05) is 0 Å².